The molecule has 0 aliphatic heterocycles. The zero-order valence-corrected chi connectivity index (χ0v) is 15.2. The molecule has 8 heteroatoms. The van der Waals surface area contributed by atoms with Crippen LogP contribution in [0.4, 0.5) is 10.5 Å². The van der Waals surface area contributed by atoms with Gasteiger partial charge in [-0.3, -0.25) is 0 Å². The Balaban J connectivity index is 2.14. The molecule has 2 amide bonds. The van der Waals surface area contributed by atoms with Crippen molar-refractivity contribution in [2.45, 2.75) is 19.4 Å². The van der Waals surface area contributed by atoms with Crippen LogP contribution in [0.25, 0.3) is 0 Å². The molecule has 0 atom stereocenters. The summed E-state index contributed by atoms with van der Waals surface area (Å²) in [7, 11) is 0. The number of urea groups is 1. The van der Waals surface area contributed by atoms with Crippen LogP contribution < -0.4 is 16.4 Å². The molecule has 2 aromatic carbocycles. The molecule has 5 N–H and O–H groups in total. The van der Waals surface area contributed by atoms with E-state index in [4.69, 9.17) is 34.1 Å². The third-order valence-corrected chi connectivity index (χ3v) is 4.33. The van der Waals surface area contributed by atoms with Gasteiger partial charge >= 0.3 is 6.03 Å². The molecule has 0 aromatic heterocycles. The molecule has 0 heterocycles. The van der Waals surface area contributed by atoms with Crippen molar-refractivity contribution < 1.29 is 10.0 Å². The monoisotopic (exact) mass is 380 g/mol. The number of carbonyl (C=O) groups excluding carboxylic acids is 1. The van der Waals surface area contributed by atoms with Crippen molar-refractivity contribution in [2.75, 3.05) is 5.32 Å². The Labute approximate surface area is 155 Å². The number of hydrogen-bond acceptors (Lipinski definition) is 3. The molecule has 0 bridgehead atoms. The summed E-state index contributed by atoms with van der Waals surface area (Å²) in [6.07, 6.45) is 0. The van der Waals surface area contributed by atoms with Crippen LogP contribution in [0.2, 0.25) is 10.0 Å². The minimum atomic E-state index is -0.702. The average Bonchev–Trinajstić information content (AvgIpc) is 2.57. The van der Waals surface area contributed by atoms with E-state index >= 15 is 0 Å². The van der Waals surface area contributed by atoms with Crippen molar-refractivity contribution in [3.05, 3.63) is 63.6 Å². The van der Waals surface area contributed by atoms with Crippen LogP contribution in [0, 0.1) is 0 Å². The van der Waals surface area contributed by atoms with Crippen LogP contribution in [0.5, 0.6) is 0 Å². The van der Waals surface area contributed by atoms with Crippen LogP contribution in [-0.2, 0) is 5.54 Å². The Morgan fingerprint density at radius 1 is 1.16 bits per heavy atom. The van der Waals surface area contributed by atoms with Crippen LogP contribution >= 0.6 is 23.2 Å². The highest BCUT2D eigenvalue weighted by atomic mass is 35.5. The first-order valence-corrected chi connectivity index (χ1v) is 8.11. The van der Waals surface area contributed by atoms with E-state index in [9.17, 15) is 4.79 Å². The molecule has 0 saturated carbocycles. The lowest BCUT2D eigenvalue weighted by molar-refractivity contribution is 0.242. The van der Waals surface area contributed by atoms with Crippen LogP contribution in [0.15, 0.2) is 47.6 Å². The second-order valence-electron chi connectivity index (χ2n) is 5.90. The zero-order chi connectivity index (χ0) is 18.6. The largest absolute Gasteiger partial charge is 0.409 e. The maximum Gasteiger partial charge on any atom is 0.319 e. The minimum absolute atomic E-state index is 0.00194. The Kier molecular flexibility index (Phi) is 5.77. The van der Waals surface area contributed by atoms with E-state index < -0.39 is 11.6 Å². The number of amidine groups is 1. The summed E-state index contributed by atoms with van der Waals surface area (Å²) in [5.74, 6) is -0.00194. The van der Waals surface area contributed by atoms with E-state index in [0.717, 1.165) is 5.56 Å². The van der Waals surface area contributed by atoms with Gasteiger partial charge in [-0.2, -0.15) is 0 Å². The van der Waals surface area contributed by atoms with Crippen molar-refractivity contribution in [1.82, 2.24) is 5.32 Å². The molecule has 0 unspecified atom stereocenters. The fourth-order valence-electron chi connectivity index (χ4n) is 2.22. The molecule has 0 radical (unpaired) electrons. The van der Waals surface area contributed by atoms with E-state index in [0.29, 0.717) is 21.3 Å². The van der Waals surface area contributed by atoms with E-state index in [-0.39, 0.29) is 5.84 Å². The smallest absolute Gasteiger partial charge is 0.319 e. The summed E-state index contributed by atoms with van der Waals surface area (Å²) in [5.41, 5.74) is 6.78. The Hall–Kier alpha value is -2.44. The topological polar surface area (TPSA) is 99.7 Å². The SMILES string of the molecule is CC(C)(NC(=O)Nc1ccc(Cl)c(Cl)c1)c1cccc(/C(N)=N/O)c1. The maximum atomic E-state index is 12.3. The van der Waals surface area contributed by atoms with Crippen molar-refractivity contribution >= 4 is 40.8 Å². The Bertz CT molecular complexity index is 822. The predicted molar refractivity (Wildman–Crippen MR) is 101 cm³/mol. The first-order chi connectivity index (χ1) is 11.7. The normalized spacial score (nSPS) is 11.9. The third-order valence-electron chi connectivity index (χ3n) is 3.59. The van der Waals surface area contributed by atoms with Crippen molar-refractivity contribution in [2.24, 2.45) is 10.9 Å². The van der Waals surface area contributed by atoms with Gasteiger partial charge in [-0.05, 0) is 43.7 Å². The van der Waals surface area contributed by atoms with Gasteiger partial charge in [0.15, 0.2) is 5.84 Å². The molecule has 0 aliphatic carbocycles. The zero-order valence-electron chi connectivity index (χ0n) is 13.7. The molecular weight excluding hydrogens is 363 g/mol. The van der Waals surface area contributed by atoms with Gasteiger partial charge in [-0.1, -0.05) is 46.6 Å². The van der Waals surface area contributed by atoms with Gasteiger partial charge in [0.2, 0.25) is 0 Å². The van der Waals surface area contributed by atoms with Gasteiger partial charge in [-0.25, -0.2) is 4.79 Å². The summed E-state index contributed by atoms with van der Waals surface area (Å²) in [4.78, 5) is 12.3. The second-order valence-corrected chi connectivity index (χ2v) is 6.71. The lowest BCUT2D eigenvalue weighted by Crippen LogP contribution is -2.43. The predicted octanol–water partition coefficient (Wildman–Crippen LogP) is 4.14. The molecule has 6 nitrogen and oxygen atoms in total. The van der Waals surface area contributed by atoms with Crippen molar-refractivity contribution in [3.63, 3.8) is 0 Å². The number of amides is 2. The van der Waals surface area contributed by atoms with Gasteiger partial charge < -0.3 is 21.6 Å². The van der Waals surface area contributed by atoms with Crippen LogP contribution in [-0.4, -0.2) is 17.1 Å². The molecular formula is C17H18Cl2N4O2. The number of nitrogens with zero attached hydrogens (tertiary/aromatic N) is 1. The number of hydrogen-bond donors (Lipinski definition) is 4. The maximum absolute atomic E-state index is 12.3. The number of nitrogens with one attached hydrogen (secondary N) is 2. The lowest BCUT2D eigenvalue weighted by atomic mass is 9.93. The number of nitrogens with two attached hydrogens (primary N) is 1. The fourth-order valence-corrected chi connectivity index (χ4v) is 2.52. The van der Waals surface area contributed by atoms with Crippen molar-refractivity contribution in [3.8, 4) is 0 Å². The highest BCUT2D eigenvalue weighted by Gasteiger charge is 2.23. The number of halogens is 2. The van der Waals surface area contributed by atoms with Gasteiger partial charge in [0.05, 0.1) is 15.6 Å². The summed E-state index contributed by atoms with van der Waals surface area (Å²) in [6.45, 7) is 3.68. The average molecular weight is 381 g/mol. The quantitative estimate of drug-likeness (QED) is 0.277. The van der Waals surface area contributed by atoms with Gasteiger partial charge in [0.1, 0.15) is 0 Å². The highest BCUT2D eigenvalue weighted by Crippen LogP contribution is 2.25. The van der Waals surface area contributed by atoms with E-state index in [1.165, 1.54) is 0 Å². The first-order valence-electron chi connectivity index (χ1n) is 7.35. The Morgan fingerprint density at radius 3 is 2.52 bits per heavy atom. The first kappa shape index (κ1) is 18.9. The standard InChI is InChI=1S/C17H18Cl2N4O2/c1-17(2,11-5-3-4-10(8-11)15(20)23-25)22-16(24)21-12-6-7-13(18)14(19)9-12/h3-9,25H,1-2H3,(H2,20,23)(H2,21,22,24). The lowest BCUT2D eigenvalue weighted by Gasteiger charge is -2.27. The highest BCUT2D eigenvalue weighted by molar-refractivity contribution is 6.42. The van der Waals surface area contributed by atoms with Gasteiger partial charge in [-0.15, -0.1) is 0 Å². The number of rotatable bonds is 4. The number of carbonyl (C=O) groups is 1. The fraction of sp³-hybridized carbons (Fsp3) is 0.176. The molecule has 2 rings (SSSR count). The van der Waals surface area contributed by atoms with Gasteiger partial charge in [0.25, 0.3) is 0 Å². The molecule has 0 fully saturated rings. The third kappa shape index (κ3) is 4.78. The molecule has 0 saturated heterocycles. The Morgan fingerprint density at radius 2 is 1.88 bits per heavy atom. The summed E-state index contributed by atoms with van der Waals surface area (Å²) in [6, 6.07) is 11.5. The number of anilines is 1. The molecule has 2 aromatic rings. The minimum Gasteiger partial charge on any atom is -0.409 e. The summed E-state index contributed by atoms with van der Waals surface area (Å²) in [5, 5.41) is 18.1. The van der Waals surface area contributed by atoms with E-state index in [1.54, 1.807) is 36.4 Å². The summed E-state index contributed by atoms with van der Waals surface area (Å²) < 4.78 is 0. The number of oxime groups is 1. The molecule has 0 aliphatic rings. The molecule has 132 valence electrons. The number of benzene rings is 2. The second kappa shape index (κ2) is 7.63. The summed E-state index contributed by atoms with van der Waals surface area (Å²) >= 11 is 11.8. The van der Waals surface area contributed by atoms with E-state index in [2.05, 4.69) is 15.8 Å². The van der Waals surface area contributed by atoms with E-state index in [1.807, 2.05) is 19.9 Å². The van der Waals surface area contributed by atoms with Crippen molar-refractivity contribution in [1.29, 1.82) is 0 Å². The van der Waals surface area contributed by atoms with Crippen LogP contribution in [0.1, 0.15) is 25.0 Å². The van der Waals surface area contributed by atoms with Crippen LogP contribution in [0.3, 0.4) is 0 Å². The van der Waals surface area contributed by atoms with Gasteiger partial charge in [0, 0.05) is 11.3 Å². The molecule has 25 heavy (non-hydrogen) atoms. The molecule has 0 spiro atoms.